The molecule has 2 fully saturated rings. The standard InChI is InChI=1S/2C32H48O5/c2*1-11-21(6)25(33)32-27-23(17-24(37-27)29(7,8)36)26(34)30(9,28(32)35)18-22(15-14-20(4)5)31(32,10)16-12-13-19(2)3/h2*13-14,21-22,24,36H,11-12,15-18H2,1-10H3/t2*21-,22-,24+,30+,31+,32-/m00/s1. The first-order valence-corrected chi connectivity index (χ1v) is 28.0. The van der Waals surface area contributed by atoms with Crippen LogP contribution in [0.2, 0.25) is 0 Å². The maximum Gasteiger partial charge on any atom is 0.175 e. The van der Waals surface area contributed by atoms with Gasteiger partial charge in [-0.05, 0) is 184 Å². The molecule has 2 heterocycles. The monoisotopic (exact) mass is 1020 g/mol. The van der Waals surface area contributed by atoms with Gasteiger partial charge in [0.1, 0.15) is 23.7 Å². The zero-order valence-electron chi connectivity index (χ0n) is 49.4. The predicted molar refractivity (Wildman–Crippen MR) is 294 cm³/mol. The van der Waals surface area contributed by atoms with Crippen molar-refractivity contribution in [1.29, 1.82) is 0 Å². The maximum absolute atomic E-state index is 14.8. The molecule has 10 nitrogen and oxygen atoms in total. The number of carbonyl (C=O) groups is 6. The molecule has 6 aliphatic rings. The summed E-state index contributed by atoms with van der Waals surface area (Å²) in [6.07, 6.45) is 13.9. The molecule has 0 spiro atoms. The third-order valence-corrected chi connectivity index (χ3v) is 19.1. The van der Waals surface area contributed by atoms with Crippen LogP contribution < -0.4 is 0 Å². The first kappa shape index (κ1) is 60.8. The van der Waals surface area contributed by atoms with Gasteiger partial charge >= 0.3 is 0 Å². The average Bonchev–Trinajstić information content (AvgIpc) is 3.97. The van der Waals surface area contributed by atoms with Crippen molar-refractivity contribution in [3.63, 3.8) is 0 Å². The average molecular weight is 1030 g/mol. The first-order valence-electron chi connectivity index (χ1n) is 28.0. The summed E-state index contributed by atoms with van der Waals surface area (Å²) in [4.78, 5) is 87.0. The van der Waals surface area contributed by atoms with Crippen LogP contribution in [0.25, 0.3) is 0 Å². The fourth-order valence-corrected chi connectivity index (χ4v) is 13.9. The molecule has 74 heavy (non-hydrogen) atoms. The van der Waals surface area contributed by atoms with Crippen LogP contribution in [0.15, 0.2) is 69.3 Å². The molecule has 12 atom stereocenters. The van der Waals surface area contributed by atoms with Crippen LogP contribution in [0.3, 0.4) is 0 Å². The number of Topliss-reactive ketones (excluding diaryl/α,β-unsaturated/α-hetero) is 6. The minimum absolute atomic E-state index is 0.0635. The van der Waals surface area contributed by atoms with Crippen molar-refractivity contribution >= 4 is 34.7 Å². The molecule has 0 aromatic heterocycles. The van der Waals surface area contributed by atoms with E-state index in [4.69, 9.17) is 9.47 Å². The van der Waals surface area contributed by atoms with Gasteiger partial charge in [-0.2, -0.15) is 0 Å². The molecule has 0 unspecified atom stereocenters. The Hall–Kier alpha value is -4.02. The second kappa shape index (κ2) is 21.4. The van der Waals surface area contributed by atoms with Crippen molar-refractivity contribution < 1.29 is 48.5 Å². The summed E-state index contributed by atoms with van der Waals surface area (Å²) in [5.41, 5.74) is -4.00. The fraction of sp³-hybridized carbons (Fsp3) is 0.719. The van der Waals surface area contributed by atoms with E-state index in [0.29, 0.717) is 62.5 Å². The summed E-state index contributed by atoms with van der Waals surface area (Å²) in [6.45, 7) is 38.5. The second-order valence-electron chi connectivity index (χ2n) is 26.7. The Bertz CT molecular complexity index is 2290. The van der Waals surface area contributed by atoms with Crippen LogP contribution in [0, 0.1) is 56.2 Å². The van der Waals surface area contributed by atoms with Gasteiger partial charge in [0, 0.05) is 35.8 Å². The second-order valence-corrected chi connectivity index (χ2v) is 26.7. The molecule has 0 saturated heterocycles. The highest BCUT2D eigenvalue weighted by molar-refractivity contribution is 6.28. The largest absolute Gasteiger partial charge is 0.489 e. The smallest absolute Gasteiger partial charge is 0.175 e. The van der Waals surface area contributed by atoms with Crippen molar-refractivity contribution in [2.75, 3.05) is 0 Å². The molecule has 10 heteroatoms. The van der Waals surface area contributed by atoms with E-state index in [0.717, 1.165) is 12.8 Å². The Morgan fingerprint density at radius 2 is 0.865 bits per heavy atom. The van der Waals surface area contributed by atoms with Gasteiger partial charge in [-0.3, -0.25) is 28.8 Å². The topological polar surface area (TPSA) is 161 Å². The minimum Gasteiger partial charge on any atom is -0.489 e. The number of hydrogen-bond donors (Lipinski definition) is 2. The Balaban J connectivity index is 0.000000274. The number of fused-ring (bicyclic) bond motifs is 6. The third-order valence-electron chi connectivity index (χ3n) is 19.1. The van der Waals surface area contributed by atoms with Gasteiger partial charge in [-0.15, -0.1) is 0 Å². The number of aliphatic hydroxyl groups is 2. The van der Waals surface area contributed by atoms with Crippen molar-refractivity contribution in [3.05, 3.63) is 69.3 Å². The highest BCUT2D eigenvalue weighted by atomic mass is 16.5. The van der Waals surface area contributed by atoms with Crippen LogP contribution in [0.5, 0.6) is 0 Å². The summed E-state index contributed by atoms with van der Waals surface area (Å²) >= 11 is 0. The van der Waals surface area contributed by atoms with Crippen LogP contribution in [0.1, 0.15) is 216 Å². The molecular formula is C64H96O10. The number of rotatable bonds is 18. The Morgan fingerprint density at radius 3 is 1.12 bits per heavy atom. The number of hydrogen-bond acceptors (Lipinski definition) is 10. The van der Waals surface area contributed by atoms with Crippen LogP contribution in [0.4, 0.5) is 0 Å². The van der Waals surface area contributed by atoms with E-state index in [1.807, 2.05) is 27.7 Å². The van der Waals surface area contributed by atoms with E-state index in [1.165, 1.54) is 22.3 Å². The normalized spacial score (nSPS) is 34.0. The zero-order chi connectivity index (χ0) is 56.3. The number of carbonyl (C=O) groups excluding carboxylic acids is 6. The van der Waals surface area contributed by atoms with Gasteiger partial charge in [0.2, 0.25) is 0 Å². The molecular weight excluding hydrogens is 929 g/mol. The van der Waals surface area contributed by atoms with E-state index >= 15 is 0 Å². The van der Waals surface area contributed by atoms with Crippen molar-refractivity contribution in [2.24, 2.45) is 56.2 Å². The lowest BCUT2D eigenvalue weighted by molar-refractivity contribution is -0.181. The van der Waals surface area contributed by atoms with Gasteiger partial charge in [-0.25, -0.2) is 0 Å². The summed E-state index contributed by atoms with van der Waals surface area (Å²) in [5, 5.41) is 21.8. The SMILES string of the molecule is CC[C@H](C)C(=O)[C@]12C(=O)[C@](C)(C[C@H](CC=C(C)C)[C@@]1(C)CCC=C(C)C)C(=O)C1=C2O[C@@H](C(C)(C)O)C1.CC[C@H](C)C(=O)[C@]12C(=O)[C@](C)(C[C@H](CC=C(C)C)[C@@]1(C)CCC=C(C)C)C(=O)C1=C2O[C@@H](C(C)(C)O)C1. The van der Waals surface area contributed by atoms with E-state index in [2.05, 4.69) is 93.5 Å². The highest BCUT2D eigenvalue weighted by Gasteiger charge is 2.78. The Kier molecular flexibility index (Phi) is 17.6. The molecule has 0 aromatic carbocycles. The van der Waals surface area contributed by atoms with Crippen molar-refractivity contribution in [1.82, 2.24) is 0 Å². The van der Waals surface area contributed by atoms with Gasteiger partial charge < -0.3 is 19.7 Å². The zero-order valence-corrected chi connectivity index (χ0v) is 49.4. The van der Waals surface area contributed by atoms with Crippen LogP contribution in [-0.2, 0) is 38.2 Å². The lowest BCUT2D eigenvalue weighted by atomic mass is 9.39. The number of ketones is 6. The predicted octanol–water partition coefficient (Wildman–Crippen LogP) is 13.4. The van der Waals surface area contributed by atoms with Crippen LogP contribution in [-0.4, -0.2) is 68.3 Å². The van der Waals surface area contributed by atoms with Gasteiger partial charge in [0.05, 0.1) is 22.0 Å². The maximum atomic E-state index is 14.8. The van der Waals surface area contributed by atoms with Crippen molar-refractivity contribution in [2.45, 2.75) is 239 Å². The summed E-state index contributed by atoms with van der Waals surface area (Å²) in [7, 11) is 0. The highest BCUT2D eigenvalue weighted by Crippen LogP contribution is 2.71. The lowest BCUT2D eigenvalue weighted by Crippen LogP contribution is -2.69. The van der Waals surface area contributed by atoms with Gasteiger partial charge in [0.25, 0.3) is 0 Å². The molecule has 2 saturated carbocycles. The first-order chi connectivity index (χ1) is 34.0. The molecule has 0 amide bonds. The van der Waals surface area contributed by atoms with E-state index in [-0.39, 0.29) is 82.7 Å². The van der Waals surface area contributed by atoms with E-state index in [1.54, 1.807) is 41.5 Å². The molecule has 0 radical (unpaired) electrons. The number of ether oxygens (including phenoxy) is 2. The Labute approximate surface area is 445 Å². The quantitative estimate of drug-likeness (QED) is 0.0998. The molecule has 412 valence electrons. The lowest BCUT2D eigenvalue weighted by Gasteiger charge is -2.60. The molecule has 0 aromatic rings. The van der Waals surface area contributed by atoms with E-state index in [9.17, 15) is 39.0 Å². The van der Waals surface area contributed by atoms with E-state index < -0.39 is 55.9 Å². The molecule has 4 aliphatic carbocycles. The summed E-state index contributed by atoms with van der Waals surface area (Å²) < 4.78 is 12.9. The number of allylic oxidation sites excluding steroid dienone is 10. The fourth-order valence-electron chi connectivity index (χ4n) is 13.9. The Morgan fingerprint density at radius 1 is 0.568 bits per heavy atom. The van der Waals surface area contributed by atoms with Gasteiger partial charge in [-0.1, -0.05) is 88.1 Å². The molecule has 6 rings (SSSR count). The van der Waals surface area contributed by atoms with Crippen LogP contribution >= 0.6 is 0 Å². The van der Waals surface area contributed by atoms with Crippen molar-refractivity contribution in [3.8, 4) is 0 Å². The molecule has 2 aliphatic heterocycles. The minimum atomic E-state index is -1.55. The summed E-state index contributed by atoms with van der Waals surface area (Å²) in [5.74, 6) is -1.67. The summed E-state index contributed by atoms with van der Waals surface area (Å²) in [6, 6.07) is 0. The molecule has 4 bridgehead atoms. The van der Waals surface area contributed by atoms with Gasteiger partial charge in [0.15, 0.2) is 45.5 Å². The third kappa shape index (κ3) is 9.85. The molecule has 2 N–H and O–H groups in total.